The molecule has 0 radical (unpaired) electrons. The van der Waals surface area contributed by atoms with Gasteiger partial charge in [0.2, 0.25) is 17.7 Å². The van der Waals surface area contributed by atoms with Gasteiger partial charge in [-0.05, 0) is 48.4 Å². The molecule has 7 nitrogen and oxygen atoms in total. The minimum atomic E-state index is -0.152. The molecule has 1 aromatic heterocycles. The number of aryl methyl sites for hydroxylation is 1. The summed E-state index contributed by atoms with van der Waals surface area (Å²) >= 11 is 1.41. The Hall–Kier alpha value is -3.26. The van der Waals surface area contributed by atoms with E-state index in [1.165, 1.54) is 25.2 Å². The predicted molar refractivity (Wildman–Crippen MR) is 112 cm³/mol. The van der Waals surface area contributed by atoms with Gasteiger partial charge in [0.1, 0.15) is 0 Å². The molecule has 0 saturated heterocycles. The maximum absolute atomic E-state index is 12.2. The van der Waals surface area contributed by atoms with E-state index in [1.54, 1.807) is 24.3 Å². The fourth-order valence-electron chi connectivity index (χ4n) is 2.65. The molecule has 0 aliphatic carbocycles. The van der Waals surface area contributed by atoms with Gasteiger partial charge in [-0.2, -0.15) is 0 Å². The third-order valence-corrected chi connectivity index (χ3v) is 4.80. The van der Waals surface area contributed by atoms with Crippen LogP contribution in [0, 0.1) is 0 Å². The van der Waals surface area contributed by atoms with Crippen molar-refractivity contribution in [2.24, 2.45) is 0 Å². The monoisotopic (exact) mass is 396 g/mol. The smallest absolute Gasteiger partial charge is 0.224 e. The Bertz CT molecular complexity index is 1030. The van der Waals surface area contributed by atoms with Gasteiger partial charge in [-0.25, -0.2) is 4.98 Å². The Morgan fingerprint density at radius 3 is 2.18 bits per heavy atom. The minimum absolute atomic E-state index is 0.0874. The number of nitrogens with one attached hydrogen (secondary N) is 3. The summed E-state index contributed by atoms with van der Waals surface area (Å²) in [5.74, 6) is -0.379. The Labute approximate surface area is 166 Å². The van der Waals surface area contributed by atoms with Crippen molar-refractivity contribution in [1.82, 2.24) is 4.98 Å². The lowest BCUT2D eigenvalue weighted by atomic mass is 10.1. The van der Waals surface area contributed by atoms with Crippen LogP contribution in [-0.4, -0.2) is 22.7 Å². The summed E-state index contributed by atoms with van der Waals surface area (Å²) in [4.78, 5) is 38.7. The van der Waals surface area contributed by atoms with E-state index in [1.807, 2.05) is 18.2 Å². The molecule has 3 amide bonds. The first-order chi connectivity index (χ1) is 13.4. The van der Waals surface area contributed by atoms with Crippen molar-refractivity contribution >= 4 is 55.8 Å². The van der Waals surface area contributed by atoms with Crippen LogP contribution < -0.4 is 16.0 Å². The average molecular weight is 396 g/mol. The molecule has 0 unspecified atom stereocenters. The Morgan fingerprint density at radius 1 is 0.893 bits per heavy atom. The van der Waals surface area contributed by atoms with Gasteiger partial charge in [0.15, 0.2) is 5.13 Å². The van der Waals surface area contributed by atoms with Crippen LogP contribution in [0.25, 0.3) is 10.2 Å². The molecule has 28 heavy (non-hydrogen) atoms. The number of anilines is 3. The van der Waals surface area contributed by atoms with Crippen LogP contribution in [0.2, 0.25) is 0 Å². The Morgan fingerprint density at radius 2 is 1.54 bits per heavy atom. The molecule has 0 fully saturated rings. The molecular formula is C20H20N4O3S. The number of hydrogen-bond donors (Lipinski definition) is 3. The topological polar surface area (TPSA) is 100 Å². The zero-order chi connectivity index (χ0) is 20.1. The fourth-order valence-corrected chi connectivity index (χ4v) is 3.63. The first-order valence-corrected chi connectivity index (χ1v) is 9.55. The summed E-state index contributed by atoms with van der Waals surface area (Å²) in [5.41, 5.74) is 3.21. The molecule has 8 heteroatoms. The van der Waals surface area contributed by atoms with Gasteiger partial charge in [0.25, 0.3) is 0 Å². The van der Waals surface area contributed by atoms with Crippen molar-refractivity contribution in [3.05, 3.63) is 48.0 Å². The van der Waals surface area contributed by atoms with E-state index in [0.717, 1.165) is 15.8 Å². The quantitative estimate of drug-likeness (QED) is 0.590. The van der Waals surface area contributed by atoms with Crippen LogP contribution >= 0.6 is 11.3 Å². The standard InChI is InChI=1S/C20H20N4O3S/c1-12(25)21-15-5-7-16(8-6-15)23-19(27)10-4-14-3-9-17-18(11-14)28-20(24-17)22-13(2)26/h3,5-9,11H,4,10H2,1-2H3,(H,21,25)(H,23,27)(H,22,24,26). The van der Waals surface area contributed by atoms with E-state index < -0.39 is 0 Å². The molecule has 0 spiro atoms. The Kier molecular flexibility index (Phi) is 6.00. The van der Waals surface area contributed by atoms with E-state index in [4.69, 9.17) is 0 Å². The van der Waals surface area contributed by atoms with Crippen molar-refractivity contribution in [1.29, 1.82) is 0 Å². The third-order valence-electron chi connectivity index (χ3n) is 3.87. The predicted octanol–water partition coefficient (Wildman–Crippen LogP) is 3.78. The highest BCUT2D eigenvalue weighted by Gasteiger charge is 2.08. The van der Waals surface area contributed by atoms with Gasteiger partial charge < -0.3 is 16.0 Å². The number of amides is 3. The molecule has 1 heterocycles. The van der Waals surface area contributed by atoms with Crippen molar-refractivity contribution in [3.8, 4) is 0 Å². The molecule has 0 saturated carbocycles. The first-order valence-electron chi connectivity index (χ1n) is 8.73. The lowest BCUT2D eigenvalue weighted by Gasteiger charge is -2.07. The highest BCUT2D eigenvalue weighted by molar-refractivity contribution is 7.22. The molecular weight excluding hydrogens is 376 g/mol. The number of nitrogens with zero attached hydrogens (tertiary/aromatic N) is 1. The number of thiazole rings is 1. The van der Waals surface area contributed by atoms with Crippen molar-refractivity contribution in [3.63, 3.8) is 0 Å². The van der Waals surface area contributed by atoms with Gasteiger partial charge >= 0.3 is 0 Å². The van der Waals surface area contributed by atoms with E-state index in [0.29, 0.717) is 29.3 Å². The van der Waals surface area contributed by atoms with Crippen molar-refractivity contribution in [2.75, 3.05) is 16.0 Å². The first kappa shape index (κ1) is 19.5. The SMILES string of the molecule is CC(=O)Nc1ccc(NC(=O)CCc2ccc3nc(NC(C)=O)sc3c2)cc1. The molecule has 0 aliphatic heterocycles. The number of rotatable bonds is 6. The lowest BCUT2D eigenvalue weighted by Crippen LogP contribution is -2.12. The molecule has 3 aromatic rings. The van der Waals surface area contributed by atoms with Crippen LogP contribution in [0.1, 0.15) is 25.8 Å². The maximum Gasteiger partial charge on any atom is 0.224 e. The molecule has 0 bridgehead atoms. The number of fused-ring (bicyclic) bond motifs is 1. The van der Waals surface area contributed by atoms with Crippen molar-refractivity contribution < 1.29 is 14.4 Å². The van der Waals surface area contributed by atoms with E-state index in [9.17, 15) is 14.4 Å². The van der Waals surface area contributed by atoms with Gasteiger partial charge in [-0.15, -0.1) is 0 Å². The van der Waals surface area contributed by atoms with Crippen LogP contribution in [0.3, 0.4) is 0 Å². The number of hydrogen-bond acceptors (Lipinski definition) is 5. The van der Waals surface area contributed by atoms with Gasteiger partial charge in [0, 0.05) is 31.6 Å². The lowest BCUT2D eigenvalue weighted by molar-refractivity contribution is -0.116. The minimum Gasteiger partial charge on any atom is -0.326 e. The van der Waals surface area contributed by atoms with Crippen LogP contribution in [-0.2, 0) is 20.8 Å². The molecule has 2 aromatic carbocycles. The molecule has 144 valence electrons. The fraction of sp³-hybridized carbons (Fsp3) is 0.200. The van der Waals surface area contributed by atoms with Gasteiger partial charge in [-0.3, -0.25) is 14.4 Å². The summed E-state index contributed by atoms with van der Waals surface area (Å²) in [6.07, 6.45) is 0.940. The number of carbonyl (C=O) groups is 3. The maximum atomic E-state index is 12.2. The van der Waals surface area contributed by atoms with Gasteiger partial charge in [0.05, 0.1) is 10.2 Å². The normalized spacial score (nSPS) is 10.5. The van der Waals surface area contributed by atoms with Crippen LogP contribution in [0.4, 0.5) is 16.5 Å². The highest BCUT2D eigenvalue weighted by atomic mass is 32.1. The van der Waals surface area contributed by atoms with E-state index >= 15 is 0 Å². The second-order valence-corrected chi connectivity index (χ2v) is 7.34. The summed E-state index contributed by atoms with van der Waals surface area (Å²) < 4.78 is 0.968. The average Bonchev–Trinajstić information content (AvgIpc) is 3.02. The number of benzene rings is 2. The Balaban J connectivity index is 1.56. The highest BCUT2D eigenvalue weighted by Crippen LogP contribution is 2.27. The summed E-state index contributed by atoms with van der Waals surface area (Å²) in [6.45, 7) is 2.89. The number of carbonyl (C=O) groups excluding carboxylic acids is 3. The zero-order valence-electron chi connectivity index (χ0n) is 15.5. The molecule has 3 N–H and O–H groups in total. The largest absolute Gasteiger partial charge is 0.326 e. The van der Waals surface area contributed by atoms with E-state index in [2.05, 4.69) is 20.9 Å². The van der Waals surface area contributed by atoms with Crippen LogP contribution in [0.5, 0.6) is 0 Å². The van der Waals surface area contributed by atoms with Gasteiger partial charge in [-0.1, -0.05) is 17.4 Å². The second kappa shape index (κ2) is 8.62. The zero-order valence-corrected chi connectivity index (χ0v) is 16.4. The summed E-state index contributed by atoms with van der Waals surface area (Å²) in [7, 11) is 0. The molecule has 0 aliphatic rings. The molecule has 3 rings (SSSR count). The van der Waals surface area contributed by atoms with Crippen molar-refractivity contribution in [2.45, 2.75) is 26.7 Å². The summed E-state index contributed by atoms with van der Waals surface area (Å²) in [6, 6.07) is 12.8. The van der Waals surface area contributed by atoms with E-state index in [-0.39, 0.29) is 17.7 Å². The van der Waals surface area contributed by atoms with Crippen LogP contribution in [0.15, 0.2) is 42.5 Å². The number of aromatic nitrogens is 1. The second-order valence-electron chi connectivity index (χ2n) is 6.31. The molecule has 0 atom stereocenters. The third kappa shape index (κ3) is 5.37. The summed E-state index contributed by atoms with van der Waals surface area (Å²) in [5, 5.41) is 8.78.